The van der Waals surface area contributed by atoms with E-state index in [0.717, 1.165) is 5.69 Å². The number of nitrogens with zero attached hydrogens (tertiary/aromatic N) is 2. The van der Waals surface area contributed by atoms with Gasteiger partial charge in [-0.1, -0.05) is 19.9 Å². The van der Waals surface area contributed by atoms with Crippen molar-refractivity contribution in [2.75, 3.05) is 5.32 Å². The maximum atomic E-state index is 12.2. The van der Waals surface area contributed by atoms with Crippen molar-refractivity contribution in [2.45, 2.75) is 26.8 Å². The normalized spacial score (nSPS) is 12.0. The molecule has 1 aromatic heterocycles. The number of nitrogens with one attached hydrogen (secondary N) is 2. The monoisotopic (exact) mass is 284 g/mol. The summed E-state index contributed by atoms with van der Waals surface area (Å²) in [6.45, 7) is 6.16. The molecule has 1 amide bonds. The zero-order valence-corrected chi connectivity index (χ0v) is 12.5. The van der Waals surface area contributed by atoms with E-state index < -0.39 is 0 Å². The molecule has 0 bridgehead atoms. The second-order valence-electron chi connectivity index (χ2n) is 5.28. The Kier molecular flexibility index (Phi) is 4.87. The van der Waals surface area contributed by atoms with Crippen LogP contribution in [0.2, 0.25) is 0 Å². The summed E-state index contributed by atoms with van der Waals surface area (Å²) in [5, 5.41) is 6.06. The number of hydrogen-bond donors (Lipinski definition) is 2. The topological polar surface area (TPSA) is 66.9 Å². The van der Waals surface area contributed by atoms with Crippen LogP contribution < -0.4 is 10.6 Å². The Labute approximate surface area is 124 Å². The minimum atomic E-state index is -0.0752. The highest BCUT2D eigenvalue weighted by atomic mass is 16.1. The largest absolute Gasteiger partial charge is 0.349 e. The summed E-state index contributed by atoms with van der Waals surface area (Å²) in [6, 6.07) is 9.17. The lowest BCUT2D eigenvalue weighted by Crippen LogP contribution is -2.36. The van der Waals surface area contributed by atoms with Crippen LogP contribution in [0.25, 0.3) is 0 Å². The van der Waals surface area contributed by atoms with Crippen LogP contribution in [0.5, 0.6) is 0 Å². The fourth-order valence-corrected chi connectivity index (χ4v) is 1.69. The Hall–Kier alpha value is -2.43. The molecule has 0 aliphatic heterocycles. The number of anilines is 2. The molecule has 21 heavy (non-hydrogen) atoms. The molecule has 1 aromatic carbocycles. The van der Waals surface area contributed by atoms with Crippen LogP contribution in [-0.2, 0) is 0 Å². The summed E-state index contributed by atoms with van der Waals surface area (Å²) in [6.07, 6.45) is 3.33. The molecular weight excluding hydrogens is 264 g/mol. The molecule has 0 fully saturated rings. The number of aromatic nitrogens is 2. The van der Waals surface area contributed by atoms with Gasteiger partial charge in [-0.15, -0.1) is 0 Å². The molecule has 2 rings (SSSR count). The SMILES string of the molecule is CC(C)[C@H](C)NC(=O)c1cccc(Nc2ncccn2)c1. The minimum Gasteiger partial charge on any atom is -0.349 e. The molecule has 0 unspecified atom stereocenters. The molecule has 0 saturated heterocycles. The molecule has 0 aliphatic carbocycles. The van der Waals surface area contributed by atoms with Crippen molar-refractivity contribution >= 4 is 17.5 Å². The smallest absolute Gasteiger partial charge is 0.251 e. The van der Waals surface area contributed by atoms with E-state index in [9.17, 15) is 4.79 Å². The van der Waals surface area contributed by atoms with Gasteiger partial charge >= 0.3 is 0 Å². The van der Waals surface area contributed by atoms with Crippen molar-refractivity contribution in [3.63, 3.8) is 0 Å². The summed E-state index contributed by atoms with van der Waals surface area (Å²) in [7, 11) is 0. The highest BCUT2D eigenvalue weighted by Crippen LogP contribution is 2.14. The molecule has 0 spiro atoms. The first-order valence-electron chi connectivity index (χ1n) is 7.01. The highest BCUT2D eigenvalue weighted by Gasteiger charge is 2.12. The number of carbonyl (C=O) groups is 1. The van der Waals surface area contributed by atoms with Crippen LogP contribution >= 0.6 is 0 Å². The maximum Gasteiger partial charge on any atom is 0.251 e. The number of amides is 1. The van der Waals surface area contributed by atoms with Crippen molar-refractivity contribution in [3.8, 4) is 0 Å². The third-order valence-corrected chi connectivity index (χ3v) is 3.31. The summed E-state index contributed by atoms with van der Waals surface area (Å²) in [5.74, 6) is 0.826. The summed E-state index contributed by atoms with van der Waals surface area (Å²) in [4.78, 5) is 20.4. The molecule has 2 N–H and O–H groups in total. The van der Waals surface area contributed by atoms with Gasteiger partial charge in [0.2, 0.25) is 5.95 Å². The zero-order valence-electron chi connectivity index (χ0n) is 12.5. The summed E-state index contributed by atoms with van der Waals surface area (Å²) >= 11 is 0. The predicted octanol–water partition coefficient (Wildman–Crippen LogP) is 2.99. The quantitative estimate of drug-likeness (QED) is 0.885. The molecule has 110 valence electrons. The number of hydrogen-bond acceptors (Lipinski definition) is 4. The van der Waals surface area contributed by atoms with Gasteiger partial charge in [0.15, 0.2) is 0 Å². The Morgan fingerprint density at radius 1 is 1.10 bits per heavy atom. The predicted molar refractivity (Wildman–Crippen MR) is 83.5 cm³/mol. The lowest BCUT2D eigenvalue weighted by molar-refractivity contribution is 0.0930. The number of benzene rings is 1. The van der Waals surface area contributed by atoms with Gasteiger partial charge in [-0.05, 0) is 37.1 Å². The first kappa shape index (κ1) is 15.0. The first-order chi connectivity index (χ1) is 10.1. The highest BCUT2D eigenvalue weighted by molar-refractivity contribution is 5.95. The zero-order chi connectivity index (χ0) is 15.2. The van der Waals surface area contributed by atoms with Crippen LogP contribution in [0.1, 0.15) is 31.1 Å². The number of rotatable bonds is 5. The first-order valence-corrected chi connectivity index (χ1v) is 7.01. The van der Waals surface area contributed by atoms with E-state index in [1.165, 1.54) is 0 Å². The average molecular weight is 284 g/mol. The standard InChI is InChI=1S/C16H20N4O/c1-11(2)12(3)19-15(21)13-6-4-7-14(10-13)20-16-17-8-5-9-18-16/h4-12H,1-3H3,(H,19,21)(H,17,18,20)/t12-/m0/s1. The molecule has 0 aliphatic rings. The van der Waals surface area contributed by atoms with Gasteiger partial charge in [-0.3, -0.25) is 4.79 Å². The Bertz CT molecular complexity index is 598. The maximum absolute atomic E-state index is 12.2. The Morgan fingerprint density at radius 2 is 1.81 bits per heavy atom. The van der Waals surface area contributed by atoms with Gasteiger partial charge in [0.05, 0.1) is 0 Å². The Balaban J connectivity index is 2.09. The molecule has 1 atom stereocenters. The van der Waals surface area contributed by atoms with Gasteiger partial charge < -0.3 is 10.6 Å². The lowest BCUT2D eigenvalue weighted by atomic mass is 10.1. The number of carbonyl (C=O) groups excluding carboxylic acids is 1. The van der Waals surface area contributed by atoms with Gasteiger partial charge in [0, 0.05) is 29.7 Å². The van der Waals surface area contributed by atoms with Crippen LogP contribution in [0.15, 0.2) is 42.7 Å². The molecular formula is C16H20N4O. The van der Waals surface area contributed by atoms with E-state index in [1.54, 1.807) is 30.6 Å². The molecule has 5 nitrogen and oxygen atoms in total. The molecule has 5 heteroatoms. The molecule has 1 heterocycles. The third kappa shape index (κ3) is 4.27. The molecule has 2 aromatic rings. The van der Waals surface area contributed by atoms with E-state index in [1.807, 2.05) is 19.1 Å². The third-order valence-electron chi connectivity index (χ3n) is 3.31. The average Bonchev–Trinajstić information content (AvgIpc) is 2.48. The van der Waals surface area contributed by atoms with Crippen molar-refractivity contribution in [1.29, 1.82) is 0 Å². The fourth-order valence-electron chi connectivity index (χ4n) is 1.69. The van der Waals surface area contributed by atoms with Crippen molar-refractivity contribution < 1.29 is 4.79 Å². The summed E-state index contributed by atoms with van der Waals surface area (Å²) in [5.41, 5.74) is 1.40. The lowest BCUT2D eigenvalue weighted by Gasteiger charge is -2.17. The summed E-state index contributed by atoms with van der Waals surface area (Å²) < 4.78 is 0. The second kappa shape index (κ2) is 6.83. The van der Waals surface area contributed by atoms with E-state index >= 15 is 0 Å². The van der Waals surface area contributed by atoms with Gasteiger partial charge in [-0.2, -0.15) is 0 Å². The van der Waals surface area contributed by atoms with E-state index in [2.05, 4.69) is 34.4 Å². The molecule has 0 saturated carbocycles. The molecule has 0 radical (unpaired) electrons. The van der Waals surface area contributed by atoms with Crippen LogP contribution in [0, 0.1) is 5.92 Å². The van der Waals surface area contributed by atoms with Crippen LogP contribution in [0.4, 0.5) is 11.6 Å². The fraction of sp³-hybridized carbons (Fsp3) is 0.312. The van der Waals surface area contributed by atoms with E-state index in [4.69, 9.17) is 0 Å². The Morgan fingerprint density at radius 3 is 2.48 bits per heavy atom. The van der Waals surface area contributed by atoms with Gasteiger partial charge in [-0.25, -0.2) is 9.97 Å². The van der Waals surface area contributed by atoms with E-state index in [0.29, 0.717) is 17.4 Å². The van der Waals surface area contributed by atoms with Crippen molar-refractivity contribution in [1.82, 2.24) is 15.3 Å². The van der Waals surface area contributed by atoms with Gasteiger partial charge in [0.25, 0.3) is 5.91 Å². The van der Waals surface area contributed by atoms with Crippen molar-refractivity contribution in [2.24, 2.45) is 5.92 Å². The van der Waals surface area contributed by atoms with Crippen molar-refractivity contribution in [3.05, 3.63) is 48.3 Å². The minimum absolute atomic E-state index is 0.0752. The van der Waals surface area contributed by atoms with Crippen LogP contribution in [0.3, 0.4) is 0 Å². The second-order valence-corrected chi connectivity index (χ2v) is 5.28. The van der Waals surface area contributed by atoms with E-state index in [-0.39, 0.29) is 11.9 Å². The van der Waals surface area contributed by atoms with Gasteiger partial charge in [0.1, 0.15) is 0 Å². The van der Waals surface area contributed by atoms with Crippen LogP contribution in [-0.4, -0.2) is 21.9 Å².